The third kappa shape index (κ3) is 19.2. The summed E-state index contributed by atoms with van der Waals surface area (Å²) in [6.07, 6.45) is -68.5. The zero-order valence-corrected chi connectivity index (χ0v) is 54.4. The Morgan fingerprint density at radius 2 is 0.740 bits per heavy atom. The monoisotopic (exact) mass is 1460 g/mol. The second-order valence-corrected chi connectivity index (χ2v) is 25.1. The van der Waals surface area contributed by atoms with Crippen LogP contribution in [0.25, 0.3) is 0 Å². The summed E-state index contributed by atoms with van der Waals surface area (Å²) >= 11 is 0. The average molecular weight is 1470 g/mol. The molecule has 0 saturated carbocycles. The summed E-state index contributed by atoms with van der Waals surface area (Å²) < 4.78 is 81.6. The van der Waals surface area contributed by atoms with Crippen LogP contribution < -0.4 is 21.3 Å². The first-order valence-corrected chi connectivity index (χ1v) is 31.9. The van der Waals surface area contributed by atoms with Gasteiger partial charge in [0.15, 0.2) is 44.0 Å². The summed E-state index contributed by atoms with van der Waals surface area (Å²) in [7, 11) is 0. The van der Waals surface area contributed by atoms with Crippen LogP contribution >= 0.6 is 0 Å². The molecule has 0 aliphatic carbocycles. The van der Waals surface area contributed by atoms with E-state index in [1.165, 1.54) is 6.92 Å². The molecular weight excluding hydrogens is 1370 g/mol. The molecule has 7 fully saturated rings. The van der Waals surface area contributed by atoms with Crippen LogP contribution in [-0.2, 0) is 85.5 Å². The zero-order valence-electron chi connectivity index (χ0n) is 54.4. The first kappa shape index (κ1) is 83.7. The number of nitrogens with one attached hydrogen (secondary N) is 4. The quantitative estimate of drug-likeness (QED) is 0.0331. The highest BCUT2D eigenvalue weighted by molar-refractivity contribution is 5.74. The summed E-state index contributed by atoms with van der Waals surface area (Å²) in [5.41, 5.74) is 0. The predicted octanol–water partition coefficient (Wildman–Crippen LogP) is -17.2. The molecule has 0 aromatic carbocycles. The van der Waals surface area contributed by atoms with E-state index in [4.69, 9.17) is 66.3 Å². The molecule has 0 unspecified atom stereocenters. The topological polar surface area (TPSA) is 691 Å². The molecule has 0 bridgehead atoms. The van der Waals surface area contributed by atoms with Gasteiger partial charge >= 0.3 is 0 Å². The Bertz CT molecular complexity index is 2570. The molecule has 4 amide bonds. The third-order valence-electron chi connectivity index (χ3n) is 17.9. The average Bonchev–Trinajstić information content (AvgIpc) is 0.775. The molecule has 0 radical (unpaired) electrons. The fourth-order valence-corrected chi connectivity index (χ4v) is 12.5. The molecule has 100 heavy (non-hydrogen) atoms. The third-order valence-corrected chi connectivity index (χ3v) is 17.9. The van der Waals surface area contributed by atoms with E-state index in [1.807, 2.05) is 0 Å². The summed E-state index contributed by atoms with van der Waals surface area (Å²) in [5.74, 6) is -3.60. The number of amides is 4. The first-order chi connectivity index (χ1) is 47.2. The molecule has 26 N–H and O–H groups in total. The van der Waals surface area contributed by atoms with Crippen LogP contribution in [0, 0.1) is 0 Å². The van der Waals surface area contributed by atoms with E-state index in [-0.39, 0.29) is 0 Å². The largest absolute Gasteiger partial charge is 0.394 e. The van der Waals surface area contributed by atoms with Crippen LogP contribution in [0.5, 0.6) is 0 Å². The number of aliphatic hydroxyl groups excluding tert-OH is 22. The van der Waals surface area contributed by atoms with Gasteiger partial charge in [-0.05, 0) is 6.92 Å². The standard InChI is InChI=1S/C56H96N4O40/c1-14-30(73)38(81)41(84)53(88-14)100-49-40(83)33(76)22(8-63)92-56(49)98-47-29(60-18(5)71)52(89-23(9-64)34(47)77)95-44(19(6-61)57-15(2)68)31(74)20(72)13-87-50-27(58-16(3)69)36(79)45(25(11-66)93-50)97-55-43(86)48(35(78)24(10-65)91-55)99-51-28(59-17(4)70)37(80)46(26(12-67)94-51)96-54-42(85)39(82)32(75)21(7-62)90-54/h14,19-56,61-67,72-86H,6-13H2,1-5H3,(H,57,68)(H,58,69)(H,59,70)(H,60,71)/t14-,19-,20+,21+,22+,23+,24+,25+,26+,27+,28+,29+,30+,31-,32-,33-,34+,35-,36+,37+,38+,39-,40-,41-,42+,43+,44+,45+,46+,47+,48-,49+,50+,51-,52-,53-,54-,55-,56-/m0/s1. The van der Waals surface area contributed by atoms with Gasteiger partial charge in [-0.25, -0.2) is 0 Å². The van der Waals surface area contributed by atoms with Crippen molar-refractivity contribution in [2.24, 2.45) is 0 Å². The molecule has 0 aromatic rings. The van der Waals surface area contributed by atoms with Crippen LogP contribution in [0.15, 0.2) is 0 Å². The van der Waals surface area contributed by atoms with E-state index in [1.54, 1.807) is 0 Å². The molecule has 7 aliphatic rings. The fourth-order valence-electron chi connectivity index (χ4n) is 12.5. The van der Waals surface area contributed by atoms with Gasteiger partial charge in [0.05, 0.1) is 65.0 Å². The molecule has 39 atom stereocenters. The second-order valence-electron chi connectivity index (χ2n) is 25.1. The predicted molar refractivity (Wildman–Crippen MR) is 312 cm³/mol. The van der Waals surface area contributed by atoms with Crippen LogP contribution in [-0.4, -0.2) is 428 Å². The van der Waals surface area contributed by atoms with Crippen molar-refractivity contribution < 1.29 is 198 Å². The van der Waals surface area contributed by atoms with Gasteiger partial charge in [0.1, 0.15) is 183 Å². The Morgan fingerprint density at radius 3 is 1.23 bits per heavy atom. The summed E-state index contributed by atoms with van der Waals surface area (Å²) in [6.45, 7) is -3.34. The van der Waals surface area contributed by atoms with Crippen molar-refractivity contribution in [2.75, 3.05) is 52.9 Å². The minimum Gasteiger partial charge on any atom is -0.394 e. The van der Waals surface area contributed by atoms with E-state index in [9.17, 15) is 132 Å². The van der Waals surface area contributed by atoms with Crippen molar-refractivity contribution >= 4 is 23.6 Å². The lowest BCUT2D eigenvalue weighted by Crippen LogP contribution is -2.70. The van der Waals surface area contributed by atoms with Gasteiger partial charge in [0.25, 0.3) is 0 Å². The lowest BCUT2D eigenvalue weighted by Gasteiger charge is -2.50. The lowest BCUT2D eigenvalue weighted by molar-refractivity contribution is -0.382. The maximum absolute atomic E-state index is 13.0. The fraction of sp³-hybridized carbons (Fsp3) is 0.929. The molecule has 7 rings (SSSR count). The van der Waals surface area contributed by atoms with Gasteiger partial charge in [-0.15, -0.1) is 0 Å². The minimum atomic E-state index is -2.42. The Kier molecular flexibility index (Phi) is 31.1. The zero-order chi connectivity index (χ0) is 74.2. The number of hydrogen-bond acceptors (Lipinski definition) is 40. The van der Waals surface area contributed by atoms with Crippen molar-refractivity contribution in [3.63, 3.8) is 0 Å². The minimum absolute atomic E-state index is 0.863. The maximum Gasteiger partial charge on any atom is 0.217 e. The number of rotatable bonds is 29. The Labute approximate surface area is 568 Å². The van der Waals surface area contributed by atoms with Crippen LogP contribution in [0.2, 0.25) is 0 Å². The number of ether oxygens (including phenoxy) is 14. The molecule has 44 heteroatoms. The highest BCUT2D eigenvalue weighted by Crippen LogP contribution is 2.38. The van der Waals surface area contributed by atoms with Gasteiger partial charge < -0.3 is 200 Å². The van der Waals surface area contributed by atoms with Crippen molar-refractivity contribution in [1.29, 1.82) is 0 Å². The summed E-state index contributed by atoms with van der Waals surface area (Å²) in [6, 6.07) is -7.32. The highest BCUT2D eigenvalue weighted by atomic mass is 16.8. The van der Waals surface area contributed by atoms with Crippen molar-refractivity contribution in [3.8, 4) is 0 Å². The van der Waals surface area contributed by atoms with Crippen molar-refractivity contribution in [1.82, 2.24) is 21.3 Å². The Morgan fingerprint density at radius 1 is 0.360 bits per heavy atom. The smallest absolute Gasteiger partial charge is 0.217 e. The second kappa shape index (κ2) is 37.1. The van der Waals surface area contributed by atoms with Gasteiger partial charge in [-0.3, -0.25) is 19.2 Å². The number of hydrogen-bond donors (Lipinski definition) is 26. The first-order valence-electron chi connectivity index (χ1n) is 31.9. The lowest BCUT2D eigenvalue weighted by atomic mass is 9.94. The summed E-state index contributed by atoms with van der Waals surface area (Å²) in [4.78, 5) is 51.1. The van der Waals surface area contributed by atoms with Gasteiger partial charge in [-0.1, -0.05) is 0 Å². The molecule has 44 nitrogen and oxygen atoms in total. The number of carbonyl (C=O) groups is 4. The van der Waals surface area contributed by atoms with E-state index in [2.05, 4.69) is 21.3 Å². The van der Waals surface area contributed by atoms with Gasteiger partial charge in [0, 0.05) is 27.7 Å². The normalized spacial score (nSPS) is 45.4. The van der Waals surface area contributed by atoms with Gasteiger partial charge in [0.2, 0.25) is 23.6 Å². The van der Waals surface area contributed by atoms with Crippen molar-refractivity contribution in [2.45, 2.75) is 274 Å². The Hall–Kier alpha value is -3.56. The summed E-state index contributed by atoms with van der Waals surface area (Å²) in [5, 5.41) is 250. The molecule has 0 aromatic heterocycles. The molecule has 7 heterocycles. The van der Waals surface area contributed by atoms with Crippen LogP contribution in [0.1, 0.15) is 34.6 Å². The Balaban J connectivity index is 1.10. The highest BCUT2D eigenvalue weighted by Gasteiger charge is 2.59. The van der Waals surface area contributed by atoms with E-state index >= 15 is 0 Å². The number of aliphatic hydroxyl groups is 22. The van der Waals surface area contributed by atoms with Crippen LogP contribution in [0.3, 0.4) is 0 Å². The number of carbonyl (C=O) groups excluding carboxylic acids is 4. The molecule has 580 valence electrons. The van der Waals surface area contributed by atoms with E-state index in [0.29, 0.717) is 0 Å². The maximum atomic E-state index is 13.0. The molecular formula is C56H96N4O40. The van der Waals surface area contributed by atoms with Crippen molar-refractivity contribution in [3.05, 3.63) is 0 Å². The molecule has 7 saturated heterocycles. The van der Waals surface area contributed by atoms with Gasteiger partial charge in [-0.2, -0.15) is 0 Å². The molecule has 0 spiro atoms. The van der Waals surface area contributed by atoms with E-state index < -0.39 is 316 Å². The van der Waals surface area contributed by atoms with E-state index in [0.717, 1.165) is 27.7 Å². The van der Waals surface area contributed by atoms with Crippen LogP contribution in [0.4, 0.5) is 0 Å². The SMILES string of the molecule is CC(=O)N[C@H]1[C@H](O[C@H]2[C@@H](O)[C@@H](CO)O[C@@H](O[C@H]3[C@H](O)[C@@H](NC(C)=O)[C@H](OC[C@@H](O)[C@H](O)[C@H](O[C@@H]4O[C@H](CO)[C@@H](O)[C@H](O[C@@H]5O[C@H](CO)[C@H](O)[C@H](O)[C@H]5O[C@@H]5O[C@@H](C)[C@@H](O)[C@@H](O)[C@@H]5O)[C@H]4NC(C)=O)[C@H](CO)NC(C)=O)O[C@@H]3CO)[C@@H]2O)O[C@H](CO)[C@@H](O[C@@H]2O[C@H](CO)[C@H](O)[C@H](O)[C@H]2O)[C@@H]1O. The molecule has 7 aliphatic heterocycles.